The third kappa shape index (κ3) is 4.00. The first-order chi connectivity index (χ1) is 9.63. The van der Waals surface area contributed by atoms with Crippen LogP contribution in [-0.4, -0.2) is 38.2 Å². The van der Waals surface area contributed by atoms with Gasteiger partial charge >= 0.3 is 0 Å². The van der Waals surface area contributed by atoms with Crippen molar-refractivity contribution in [3.8, 4) is 11.8 Å². The van der Waals surface area contributed by atoms with Gasteiger partial charge in [0.1, 0.15) is 6.61 Å². The molecule has 4 nitrogen and oxygen atoms in total. The summed E-state index contributed by atoms with van der Waals surface area (Å²) in [5.41, 5.74) is 0.412. The summed E-state index contributed by atoms with van der Waals surface area (Å²) in [5, 5.41) is 8.73. The van der Waals surface area contributed by atoms with E-state index < -0.39 is 10.0 Å². The lowest BCUT2D eigenvalue weighted by Crippen LogP contribution is -2.29. The summed E-state index contributed by atoms with van der Waals surface area (Å²) in [6.45, 7) is 0.179. The number of thioether (sulfide) groups is 1. The smallest absolute Gasteiger partial charge is 0.241 e. The van der Waals surface area contributed by atoms with E-state index in [4.69, 9.17) is 5.11 Å². The predicted octanol–water partition coefficient (Wildman–Crippen LogP) is 1.06. The second-order valence-electron chi connectivity index (χ2n) is 4.54. The van der Waals surface area contributed by atoms with Crippen LogP contribution in [0.5, 0.6) is 0 Å². The SMILES string of the molecule is O=S(=O)(NCC1CCSC1)c1ccccc1C#CCO. The quantitative estimate of drug-likeness (QED) is 0.816. The van der Waals surface area contributed by atoms with Gasteiger partial charge in [0.15, 0.2) is 0 Å². The van der Waals surface area contributed by atoms with E-state index in [2.05, 4.69) is 16.6 Å². The van der Waals surface area contributed by atoms with Crippen LogP contribution in [0.15, 0.2) is 29.2 Å². The fourth-order valence-electron chi connectivity index (χ4n) is 1.99. The van der Waals surface area contributed by atoms with E-state index in [9.17, 15) is 8.42 Å². The summed E-state index contributed by atoms with van der Waals surface area (Å²) in [6.07, 6.45) is 1.05. The van der Waals surface area contributed by atoms with Gasteiger partial charge in [-0.15, -0.1) is 0 Å². The van der Waals surface area contributed by atoms with Crippen molar-refractivity contribution in [2.24, 2.45) is 5.92 Å². The van der Waals surface area contributed by atoms with Crippen molar-refractivity contribution >= 4 is 21.8 Å². The van der Waals surface area contributed by atoms with Crippen molar-refractivity contribution in [2.75, 3.05) is 24.7 Å². The number of hydrogen-bond acceptors (Lipinski definition) is 4. The van der Waals surface area contributed by atoms with Gasteiger partial charge in [0.25, 0.3) is 0 Å². The van der Waals surface area contributed by atoms with Crippen LogP contribution in [0.2, 0.25) is 0 Å². The summed E-state index contributed by atoms with van der Waals surface area (Å²) in [5.74, 6) is 7.68. The Morgan fingerprint density at radius 3 is 2.90 bits per heavy atom. The molecule has 2 N–H and O–H groups in total. The summed E-state index contributed by atoms with van der Waals surface area (Å²) in [4.78, 5) is 0.173. The highest BCUT2D eigenvalue weighted by Gasteiger charge is 2.21. The lowest BCUT2D eigenvalue weighted by atomic mass is 10.1. The maximum Gasteiger partial charge on any atom is 0.241 e. The molecule has 1 aromatic rings. The summed E-state index contributed by atoms with van der Waals surface area (Å²) >= 11 is 1.86. The van der Waals surface area contributed by atoms with Gasteiger partial charge in [-0.2, -0.15) is 11.8 Å². The van der Waals surface area contributed by atoms with E-state index in [-0.39, 0.29) is 11.5 Å². The van der Waals surface area contributed by atoms with Crippen LogP contribution in [0.3, 0.4) is 0 Å². The minimum absolute atomic E-state index is 0.173. The molecule has 1 atom stereocenters. The number of hydrogen-bond donors (Lipinski definition) is 2. The zero-order valence-corrected chi connectivity index (χ0v) is 12.6. The zero-order valence-electron chi connectivity index (χ0n) is 11.0. The molecule has 1 aliphatic rings. The lowest BCUT2D eigenvalue weighted by Gasteiger charge is -2.11. The van der Waals surface area contributed by atoms with Crippen LogP contribution >= 0.6 is 11.8 Å². The van der Waals surface area contributed by atoms with Crippen LogP contribution < -0.4 is 4.72 Å². The maximum atomic E-state index is 12.3. The van der Waals surface area contributed by atoms with E-state index >= 15 is 0 Å². The first-order valence-electron chi connectivity index (χ1n) is 6.39. The summed E-state index contributed by atoms with van der Waals surface area (Å²) < 4.78 is 27.3. The topological polar surface area (TPSA) is 66.4 Å². The molecule has 1 aromatic carbocycles. The Hall–Kier alpha value is -1.00. The number of aliphatic hydroxyl groups excluding tert-OH is 1. The second-order valence-corrected chi connectivity index (χ2v) is 7.42. The number of benzene rings is 1. The Labute approximate surface area is 124 Å². The van der Waals surface area contributed by atoms with Gasteiger partial charge in [-0.1, -0.05) is 24.0 Å². The fraction of sp³-hybridized carbons (Fsp3) is 0.429. The molecule has 20 heavy (non-hydrogen) atoms. The first kappa shape index (κ1) is 15.4. The van der Waals surface area contributed by atoms with Crippen molar-refractivity contribution in [3.63, 3.8) is 0 Å². The molecule has 6 heteroatoms. The van der Waals surface area contributed by atoms with E-state index in [0.717, 1.165) is 17.9 Å². The average Bonchev–Trinajstić information content (AvgIpc) is 2.97. The van der Waals surface area contributed by atoms with Gasteiger partial charge in [0.05, 0.1) is 4.90 Å². The molecule has 0 bridgehead atoms. The summed E-state index contributed by atoms with van der Waals surface area (Å²) in [6, 6.07) is 6.58. The van der Waals surface area contributed by atoms with Crippen molar-refractivity contribution in [1.29, 1.82) is 0 Å². The molecule has 0 saturated carbocycles. The molecular formula is C14H17NO3S2. The minimum atomic E-state index is -3.55. The molecule has 0 amide bonds. The molecule has 0 spiro atoms. The minimum Gasteiger partial charge on any atom is -0.384 e. The molecule has 1 aliphatic heterocycles. The number of sulfonamides is 1. The van der Waals surface area contributed by atoms with Crippen molar-refractivity contribution < 1.29 is 13.5 Å². The molecule has 0 aliphatic carbocycles. The van der Waals surface area contributed by atoms with E-state index in [0.29, 0.717) is 18.0 Å². The molecule has 0 aromatic heterocycles. The maximum absolute atomic E-state index is 12.3. The van der Waals surface area contributed by atoms with E-state index in [1.807, 2.05) is 11.8 Å². The van der Waals surface area contributed by atoms with Crippen molar-refractivity contribution in [2.45, 2.75) is 11.3 Å². The Bertz CT molecular complexity index is 611. The van der Waals surface area contributed by atoms with Gasteiger partial charge in [0.2, 0.25) is 10.0 Å². The monoisotopic (exact) mass is 311 g/mol. The van der Waals surface area contributed by atoms with Crippen LogP contribution in [-0.2, 0) is 10.0 Å². The normalized spacial score (nSPS) is 18.6. The molecule has 1 saturated heterocycles. The standard InChI is InChI=1S/C14H17NO3S2/c16-8-3-5-13-4-1-2-6-14(13)20(17,18)15-10-12-7-9-19-11-12/h1-2,4,6,12,15-16H,7-11H2. The Kier molecular flexibility index (Phi) is 5.49. The van der Waals surface area contributed by atoms with Crippen LogP contribution in [0.4, 0.5) is 0 Å². The Balaban J connectivity index is 2.16. The van der Waals surface area contributed by atoms with Crippen LogP contribution in [0.25, 0.3) is 0 Å². The van der Waals surface area contributed by atoms with E-state index in [1.54, 1.807) is 18.2 Å². The van der Waals surface area contributed by atoms with Gasteiger partial charge in [-0.25, -0.2) is 13.1 Å². The predicted molar refractivity (Wildman–Crippen MR) is 81.0 cm³/mol. The fourth-order valence-corrected chi connectivity index (χ4v) is 4.55. The molecular weight excluding hydrogens is 294 g/mol. The molecule has 1 fully saturated rings. The molecule has 2 rings (SSSR count). The summed E-state index contributed by atoms with van der Waals surface area (Å²) in [7, 11) is -3.55. The molecule has 0 radical (unpaired) electrons. The van der Waals surface area contributed by atoms with Gasteiger partial charge in [0, 0.05) is 12.1 Å². The first-order valence-corrected chi connectivity index (χ1v) is 9.03. The highest BCUT2D eigenvalue weighted by atomic mass is 32.2. The van der Waals surface area contributed by atoms with Crippen LogP contribution in [0, 0.1) is 17.8 Å². The van der Waals surface area contributed by atoms with Crippen LogP contribution in [0.1, 0.15) is 12.0 Å². The third-order valence-electron chi connectivity index (χ3n) is 3.06. The highest BCUT2D eigenvalue weighted by molar-refractivity contribution is 7.99. The second kappa shape index (κ2) is 7.14. The zero-order chi connectivity index (χ0) is 14.4. The van der Waals surface area contributed by atoms with Crippen molar-refractivity contribution in [1.82, 2.24) is 4.72 Å². The van der Waals surface area contributed by atoms with Crippen molar-refractivity contribution in [3.05, 3.63) is 29.8 Å². The van der Waals surface area contributed by atoms with Gasteiger partial charge in [-0.05, 0) is 36.0 Å². The number of rotatable bonds is 4. The highest BCUT2D eigenvalue weighted by Crippen LogP contribution is 2.23. The Morgan fingerprint density at radius 2 is 2.20 bits per heavy atom. The third-order valence-corrected chi connectivity index (χ3v) is 5.78. The molecule has 108 valence electrons. The average molecular weight is 311 g/mol. The van der Waals surface area contributed by atoms with E-state index in [1.165, 1.54) is 6.07 Å². The largest absolute Gasteiger partial charge is 0.384 e. The lowest BCUT2D eigenvalue weighted by molar-refractivity contribution is 0.350. The number of aliphatic hydroxyl groups is 1. The Morgan fingerprint density at radius 1 is 1.40 bits per heavy atom. The molecule has 1 heterocycles. The molecule has 1 unspecified atom stereocenters. The number of nitrogens with one attached hydrogen (secondary N) is 1. The van der Waals surface area contributed by atoms with Gasteiger partial charge in [-0.3, -0.25) is 0 Å². The van der Waals surface area contributed by atoms with Gasteiger partial charge < -0.3 is 5.11 Å².